The number of carboxylic acids is 1. The van der Waals surface area contributed by atoms with Crippen LogP contribution in [0.2, 0.25) is 0 Å². The summed E-state index contributed by atoms with van der Waals surface area (Å²) in [4.78, 5) is 9.66. The molecule has 4 heteroatoms. The maximum Gasteiger partial charge on any atom is 0.310 e. The maximum absolute atomic E-state index is 10.2. The number of carboxylic acid groups (broad SMARTS) is 1. The molecule has 0 aromatic heterocycles. The normalized spacial score (nSPS) is 27.5. The molecule has 0 amide bonds. The second kappa shape index (κ2) is 2.81. The summed E-state index contributed by atoms with van der Waals surface area (Å²) in [6.07, 6.45) is 2.17. The molecule has 1 N–H and O–H groups in total. The number of carbonyl (C=O) groups is 1. The van der Waals surface area contributed by atoms with Crippen molar-refractivity contribution >= 4 is 29.2 Å². The molecule has 0 bridgehead atoms. The van der Waals surface area contributed by atoms with E-state index in [1.807, 2.05) is 0 Å². The quantitative estimate of drug-likeness (QED) is 0.521. The summed E-state index contributed by atoms with van der Waals surface area (Å²) in [6.45, 7) is 0. The molecule has 0 saturated heterocycles. The van der Waals surface area contributed by atoms with Gasteiger partial charge >= 0.3 is 5.97 Å². The Hall–Kier alpha value is -0.210. The van der Waals surface area contributed by atoms with Gasteiger partial charge in [-0.15, -0.1) is 23.2 Å². The van der Waals surface area contributed by atoms with Crippen LogP contribution in [0.5, 0.6) is 0 Å². The number of hydrogen-bond donors (Lipinski definition) is 1. The highest BCUT2D eigenvalue weighted by molar-refractivity contribution is 6.45. The molecule has 1 aliphatic carbocycles. The van der Waals surface area contributed by atoms with E-state index < -0.39 is 10.8 Å². The molecule has 10 heavy (non-hydrogen) atoms. The van der Waals surface area contributed by atoms with Crippen LogP contribution in [0.4, 0.5) is 0 Å². The first-order valence-corrected chi connectivity index (χ1v) is 3.70. The summed E-state index contributed by atoms with van der Waals surface area (Å²) < 4.78 is 0. The summed E-state index contributed by atoms with van der Waals surface area (Å²) in [5, 5.41) is 8.41. The smallest absolute Gasteiger partial charge is 0.310 e. The third kappa shape index (κ3) is 1.89. The Bertz CT molecular complexity index is 186. The number of rotatable bonds is 2. The molecule has 1 fully saturated rings. The Morgan fingerprint density at radius 3 is 2.70 bits per heavy atom. The Balaban J connectivity index is 2.45. The van der Waals surface area contributed by atoms with E-state index in [9.17, 15) is 4.79 Å². The van der Waals surface area contributed by atoms with Crippen molar-refractivity contribution < 1.29 is 9.90 Å². The average molecular weight is 181 g/mol. The van der Waals surface area contributed by atoms with E-state index in [0.717, 1.165) is 5.57 Å². The Kier molecular flexibility index (Phi) is 2.21. The Morgan fingerprint density at radius 2 is 2.40 bits per heavy atom. The van der Waals surface area contributed by atoms with E-state index >= 15 is 0 Å². The molecule has 2 nitrogen and oxygen atoms in total. The van der Waals surface area contributed by atoms with Crippen molar-refractivity contribution in [3.8, 4) is 0 Å². The van der Waals surface area contributed by atoms with Crippen molar-refractivity contribution in [1.82, 2.24) is 0 Å². The van der Waals surface area contributed by atoms with E-state index in [0.29, 0.717) is 6.42 Å². The lowest BCUT2D eigenvalue weighted by Crippen LogP contribution is -1.96. The second-order valence-corrected chi connectivity index (χ2v) is 3.33. The predicted molar refractivity (Wildman–Crippen MR) is 39.3 cm³/mol. The van der Waals surface area contributed by atoms with Gasteiger partial charge in [-0.2, -0.15) is 0 Å². The molecule has 0 heterocycles. The monoisotopic (exact) mass is 180 g/mol. The van der Waals surface area contributed by atoms with Crippen molar-refractivity contribution in [1.29, 1.82) is 0 Å². The molecule has 1 saturated carbocycles. The first-order chi connectivity index (χ1) is 4.61. The highest BCUT2D eigenvalue weighted by atomic mass is 35.5. The van der Waals surface area contributed by atoms with Crippen molar-refractivity contribution in [2.75, 3.05) is 0 Å². The van der Waals surface area contributed by atoms with Crippen LogP contribution in [0.25, 0.3) is 0 Å². The van der Waals surface area contributed by atoms with Gasteiger partial charge in [0.1, 0.15) is 4.84 Å². The zero-order valence-corrected chi connectivity index (χ0v) is 6.56. The third-order valence-corrected chi connectivity index (χ3v) is 1.62. The lowest BCUT2D eigenvalue weighted by molar-refractivity contribution is -0.138. The topological polar surface area (TPSA) is 37.3 Å². The molecule has 1 aliphatic rings. The minimum Gasteiger partial charge on any atom is -0.481 e. The van der Waals surface area contributed by atoms with E-state index in [1.165, 1.54) is 0 Å². The van der Waals surface area contributed by atoms with Crippen molar-refractivity contribution in [2.24, 2.45) is 5.92 Å². The van der Waals surface area contributed by atoms with Crippen LogP contribution in [0.1, 0.15) is 6.42 Å². The minimum atomic E-state index is -0.791. The molecule has 0 aliphatic heterocycles. The predicted octanol–water partition coefficient (Wildman–Crippen LogP) is 1.82. The lowest BCUT2D eigenvalue weighted by atomic mass is 10.4. The van der Waals surface area contributed by atoms with Gasteiger partial charge in [-0.1, -0.05) is 11.6 Å². The number of aliphatic carboxylic acids is 1. The van der Waals surface area contributed by atoms with Crippen LogP contribution in [-0.2, 0) is 4.79 Å². The number of hydrogen-bond acceptors (Lipinski definition) is 1. The number of alkyl halides is 2. The average Bonchev–Trinajstić information content (AvgIpc) is 2.43. The van der Waals surface area contributed by atoms with Gasteiger partial charge in [-0.05, 0) is 6.42 Å². The summed E-state index contributed by atoms with van der Waals surface area (Å²) in [6, 6.07) is 0. The van der Waals surface area contributed by atoms with Crippen LogP contribution in [-0.4, -0.2) is 15.9 Å². The second-order valence-electron chi connectivity index (χ2n) is 2.17. The Morgan fingerprint density at radius 1 is 1.80 bits per heavy atom. The standard InChI is InChI=1S/C6H6Cl2O2/c7-5(8)2-3-1-4(3)6(9)10/h2,4-5H,1H2,(H,9,10). The molecule has 0 aromatic rings. The molecule has 1 atom stereocenters. The van der Waals surface area contributed by atoms with Gasteiger partial charge in [0.25, 0.3) is 0 Å². The third-order valence-electron chi connectivity index (χ3n) is 1.37. The van der Waals surface area contributed by atoms with Gasteiger partial charge in [0.05, 0.1) is 5.92 Å². The van der Waals surface area contributed by atoms with Crippen LogP contribution < -0.4 is 0 Å². The fourth-order valence-electron chi connectivity index (χ4n) is 0.769. The van der Waals surface area contributed by atoms with Gasteiger partial charge in [0, 0.05) is 0 Å². The summed E-state index contributed by atoms with van der Waals surface area (Å²) in [5.41, 5.74) is 0.836. The molecule has 1 unspecified atom stereocenters. The van der Waals surface area contributed by atoms with Gasteiger partial charge in [0.2, 0.25) is 0 Å². The lowest BCUT2D eigenvalue weighted by Gasteiger charge is -1.85. The first kappa shape index (κ1) is 7.89. The van der Waals surface area contributed by atoms with Crippen LogP contribution in [0.15, 0.2) is 11.6 Å². The largest absolute Gasteiger partial charge is 0.481 e. The number of halogens is 2. The fraction of sp³-hybridized carbons (Fsp3) is 0.500. The molecule has 0 spiro atoms. The van der Waals surface area contributed by atoms with Crippen molar-refractivity contribution in [3.05, 3.63) is 11.6 Å². The summed E-state index contributed by atoms with van der Waals surface area (Å²) in [7, 11) is 0. The van der Waals surface area contributed by atoms with E-state index in [1.54, 1.807) is 6.08 Å². The van der Waals surface area contributed by atoms with Crippen molar-refractivity contribution in [2.45, 2.75) is 11.3 Å². The molecule has 0 aromatic carbocycles. The van der Waals surface area contributed by atoms with Crippen LogP contribution >= 0.6 is 23.2 Å². The number of allylic oxidation sites excluding steroid dienone is 1. The zero-order chi connectivity index (χ0) is 7.72. The van der Waals surface area contributed by atoms with Crippen LogP contribution in [0, 0.1) is 5.92 Å². The highest BCUT2D eigenvalue weighted by Crippen LogP contribution is 2.38. The van der Waals surface area contributed by atoms with E-state index in [-0.39, 0.29) is 5.92 Å². The maximum atomic E-state index is 10.2. The van der Waals surface area contributed by atoms with Gasteiger partial charge in [0.15, 0.2) is 0 Å². The van der Waals surface area contributed by atoms with E-state index in [2.05, 4.69) is 0 Å². The molecular weight excluding hydrogens is 175 g/mol. The summed E-state index contributed by atoms with van der Waals surface area (Å²) in [5.74, 6) is -1.11. The molecule has 1 rings (SSSR count). The molecule has 56 valence electrons. The first-order valence-electron chi connectivity index (χ1n) is 2.83. The fourth-order valence-corrected chi connectivity index (χ4v) is 1.09. The Labute approximate surface area is 68.4 Å². The molecule has 0 radical (unpaired) electrons. The SMILES string of the molecule is O=C(O)C1CC1=CC(Cl)Cl. The van der Waals surface area contributed by atoms with Gasteiger partial charge < -0.3 is 5.11 Å². The van der Waals surface area contributed by atoms with E-state index in [4.69, 9.17) is 28.3 Å². The van der Waals surface area contributed by atoms with Gasteiger partial charge in [-0.25, -0.2) is 0 Å². The summed E-state index contributed by atoms with van der Waals surface area (Å²) >= 11 is 10.8. The zero-order valence-electron chi connectivity index (χ0n) is 5.05. The molecular formula is C6H6Cl2O2. The van der Waals surface area contributed by atoms with Gasteiger partial charge in [-0.3, -0.25) is 4.79 Å². The van der Waals surface area contributed by atoms with Crippen molar-refractivity contribution in [3.63, 3.8) is 0 Å². The highest BCUT2D eigenvalue weighted by Gasteiger charge is 2.36. The van der Waals surface area contributed by atoms with Crippen LogP contribution in [0.3, 0.4) is 0 Å². The minimum absolute atomic E-state index is 0.319.